The topological polar surface area (TPSA) is 79.5 Å². The first-order valence-electron chi connectivity index (χ1n) is 9.42. The Labute approximate surface area is 178 Å². The van der Waals surface area contributed by atoms with Crippen molar-refractivity contribution in [3.8, 4) is 5.75 Å². The van der Waals surface area contributed by atoms with Crippen molar-refractivity contribution in [2.45, 2.75) is 48.4 Å². The number of hydrogen-bond acceptors (Lipinski definition) is 5. The van der Waals surface area contributed by atoms with Gasteiger partial charge in [-0.1, -0.05) is 23.2 Å². The Morgan fingerprint density at radius 1 is 1.29 bits per heavy atom. The maximum absolute atomic E-state index is 12.4. The van der Waals surface area contributed by atoms with Gasteiger partial charge < -0.3 is 20.7 Å². The van der Waals surface area contributed by atoms with Crippen LogP contribution >= 0.6 is 35.0 Å². The number of ether oxygens (including phenoxy) is 1. The van der Waals surface area contributed by atoms with Crippen molar-refractivity contribution < 1.29 is 14.3 Å². The molecule has 3 unspecified atom stereocenters. The molecule has 4 fully saturated rings. The van der Waals surface area contributed by atoms with Gasteiger partial charge in [-0.25, -0.2) is 0 Å². The number of amides is 2. The van der Waals surface area contributed by atoms with Gasteiger partial charge in [-0.05, 0) is 44.2 Å². The van der Waals surface area contributed by atoms with E-state index in [0.29, 0.717) is 33.6 Å². The van der Waals surface area contributed by atoms with Gasteiger partial charge in [0, 0.05) is 24.2 Å². The Hall–Kier alpha value is -1.15. The second kappa shape index (κ2) is 7.94. The predicted molar refractivity (Wildman–Crippen MR) is 111 cm³/mol. The summed E-state index contributed by atoms with van der Waals surface area (Å²) in [6.45, 7) is 2.70. The second-order valence-corrected chi connectivity index (χ2v) is 10.2. The summed E-state index contributed by atoms with van der Waals surface area (Å²) < 4.78 is 5.51. The fraction of sp³-hybridized carbons (Fsp3) is 0.579. The van der Waals surface area contributed by atoms with Crippen LogP contribution in [0.25, 0.3) is 0 Å². The minimum absolute atomic E-state index is 0.0297. The number of benzene rings is 1. The molecule has 1 heterocycles. The molecule has 152 valence electrons. The zero-order chi connectivity index (χ0) is 19.9. The lowest BCUT2D eigenvalue weighted by molar-refractivity contribution is -0.126. The maximum Gasteiger partial charge on any atom is 0.258 e. The normalized spacial score (nSPS) is 33.2. The molecule has 9 heteroatoms. The number of nitrogens with one attached hydrogen (secondary N) is 3. The number of thioether (sulfide) groups is 1. The fourth-order valence-corrected chi connectivity index (χ4v) is 5.76. The van der Waals surface area contributed by atoms with Crippen molar-refractivity contribution in [3.63, 3.8) is 0 Å². The summed E-state index contributed by atoms with van der Waals surface area (Å²) >= 11 is 13.5. The first-order chi connectivity index (χ1) is 13.3. The summed E-state index contributed by atoms with van der Waals surface area (Å²) in [6.07, 6.45) is 2.59. The summed E-state index contributed by atoms with van der Waals surface area (Å²) in [5, 5.41) is 10.7. The van der Waals surface area contributed by atoms with Crippen molar-refractivity contribution in [1.29, 1.82) is 0 Å². The van der Waals surface area contributed by atoms with Gasteiger partial charge in [0.2, 0.25) is 5.91 Å². The molecule has 1 saturated heterocycles. The van der Waals surface area contributed by atoms with E-state index in [1.807, 2.05) is 0 Å². The molecule has 28 heavy (non-hydrogen) atoms. The average Bonchev–Trinajstić information content (AvgIpc) is 3.28. The van der Waals surface area contributed by atoms with Gasteiger partial charge >= 0.3 is 0 Å². The third-order valence-electron chi connectivity index (χ3n) is 5.73. The first kappa shape index (κ1) is 20.1. The number of fused-ring (bicyclic) bond motifs is 1. The number of hydrogen-bond donors (Lipinski definition) is 3. The van der Waals surface area contributed by atoms with E-state index in [4.69, 9.17) is 27.9 Å². The van der Waals surface area contributed by atoms with Gasteiger partial charge in [0.25, 0.3) is 5.91 Å². The minimum atomic E-state index is -0.213. The molecule has 1 aliphatic heterocycles. The monoisotopic (exact) mass is 443 g/mol. The smallest absolute Gasteiger partial charge is 0.258 e. The molecular weight excluding hydrogens is 421 g/mol. The van der Waals surface area contributed by atoms with Crippen LogP contribution in [0, 0.1) is 5.92 Å². The zero-order valence-corrected chi connectivity index (χ0v) is 17.8. The molecule has 1 aromatic rings. The van der Waals surface area contributed by atoms with Gasteiger partial charge in [-0.15, -0.1) is 11.8 Å². The summed E-state index contributed by atoms with van der Waals surface area (Å²) in [7, 11) is 0. The lowest BCUT2D eigenvalue weighted by atomic mass is 9.76. The maximum atomic E-state index is 12.4. The molecule has 2 bridgehead atoms. The third-order valence-corrected chi connectivity index (χ3v) is 7.75. The van der Waals surface area contributed by atoms with Crippen LogP contribution in [0.3, 0.4) is 0 Å². The highest BCUT2D eigenvalue weighted by atomic mass is 35.5. The van der Waals surface area contributed by atoms with Crippen molar-refractivity contribution in [1.82, 2.24) is 16.0 Å². The third kappa shape index (κ3) is 4.22. The average molecular weight is 444 g/mol. The number of rotatable bonds is 6. The van der Waals surface area contributed by atoms with E-state index in [0.717, 1.165) is 19.3 Å². The number of carbonyl (C=O) groups is 2. The Morgan fingerprint density at radius 2 is 2.07 bits per heavy atom. The molecule has 3 N–H and O–H groups in total. The predicted octanol–water partition coefficient (Wildman–Crippen LogP) is 2.58. The minimum Gasteiger partial charge on any atom is -0.484 e. The summed E-state index contributed by atoms with van der Waals surface area (Å²) in [4.78, 5) is 24.8. The van der Waals surface area contributed by atoms with E-state index < -0.39 is 0 Å². The van der Waals surface area contributed by atoms with E-state index in [2.05, 4.69) is 22.9 Å². The molecule has 5 rings (SSSR count). The highest BCUT2D eigenvalue weighted by molar-refractivity contribution is 8.01. The summed E-state index contributed by atoms with van der Waals surface area (Å²) in [6, 6.07) is 5.04. The van der Waals surface area contributed by atoms with Crippen molar-refractivity contribution in [3.05, 3.63) is 28.2 Å². The van der Waals surface area contributed by atoms with Gasteiger partial charge in [-0.3, -0.25) is 9.59 Å². The highest BCUT2D eigenvalue weighted by Crippen LogP contribution is 2.52. The van der Waals surface area contributed by atoms with Gasteiger partial charge in [0.05, 0.1) is 20.7 Å². The molecule has 1 aromatic carbocycles. The second-order valence-electron chi connectivity index (χ2n) is 7.86. The molecule has 3 saturated carbocycles. The Bertz CT molecular complexity index is 788. The van der Waals surface area contributed by atoms with Crippen LogP contribution in [0.15, 0.2) is 18.2 Å². The van der Waals surface area contributed by atoms with E-state index in [-0.39, 0.29) is 35.3 Å². The quantitative estimate of drug-likeness (QED) is 0.629. The lowest BCUT2D eigenvalue weighted by Crippen LogP contribution is -2.53. The molecule has 0 aromatic heterocycles. The van der Waals surface area contributed by atoms with Gasteiger partial charge in [-0.2, -0.15) is 0 Å². The Morgan fingerprint density at radius 3 is 2.75 bits per heavy atom. The summed E-state index contributed by atoms with van der Waals surface area (Å²) in [5.74, 6) is 0.878. The van der Waals surface area contributed by atoms with E-state index in [1.165, 1.54) is 0 Å². The molecule has 2 amide bonds. The van der Waals surface area contributed by atoms with E-state index in [1.54, 1.807) is 30.0 Å². The van der Waals surface area contributed by atoms with Crippen LogP contribution in [0.4, 0.5) is 0 Å². The van der Waals surface area contributed by atoms with Crippen molar-refractivity contribution >= 4 is 46.8 Å². The van der Waals surface area contributed by atoms with Crippen LogP contribution in [0.2, 0.25) is 10.0 Å². The number of halogens is 2. The fourth-order valence-electron chi connectivity index (χ4n) is 4.40. The van der Waals surface area contributed by atoms with Gasteiger partial charge in [0.1, 0.15) is 5.75 Å². The molecule has 3 aliphatic carbocycles. The highest BCUT2D eigenvalue weighted by Gasteiger charge is 2.57. The Balaban J connectivity index is 1.24. The zero-order valence-electron chi connectivity index (χ0n) is 15.5. The molecule has 0 radical (unpaired) electrons. The van der Waals surface area contributed by atoms with Crippen LogP contribution < -0.4 is 20.7 Å². The molecule has 4 aliphatic rings. The summed E-state index contributed by atoms with van der Waals surface area (Å²) in [5.41, 5.74) is -0.213. The largest absolute Gasteiger partial charge is 0.484 e. The number of carbonyl (C=O) groups excluding carboxylic acids is 2. The van der Waals surface area contributed by atoms with Crippen molar-refractivity contribution in [2.24, 2.45) is 5.92 Å². The van der Waals surface area contributed by atoms with Crippen molar-refractivity contribution in [2.75, 3.05) is 13.2 Å². The van der Waals surface area contributed by atoms with Gasteiger partial charge in [0.15, 0.2) is 6.61 Å². The SMILES string of the molecule is CC1NCC(C(=O)NC2CC3(NC(=O)COc4ccc(Cl)c(Cl)c4)CC2C3)S1. The van der Waals surface area contributed by atoms with E-state index >= 15 is 0 Å². The lowest BCUT2D eigenvalue weighted by Gasteiger charge is -2.39. The van der Waals surface area contributed by atoms with E-state index in [9.17, 15) is 9.59 Å². The molecule has 3 atom stereocenters. The molecular formula is C19H23Cl2N3O3S. The standard InChI is InChI=1S/C19H23Cl2N3O3S/c1-10-22-8-16(28-10)18(26)23-15-7-19(5-11(15)6-19)24-17(25)9-27-12-2-3-13(20)14(21)4-12/h2-4,10-11,15-16,22H,5-9H2,1H3,(H,23,26)(H,24,25). The Kier molecular flexibility index (Phi) is 5.71. The van der Waals surface area contributed by atoms with Crippen LogP contribution in [-0.2, 0) is 9.59 Å². The van der Waals surface area contributed by atoms with Crippen LogP contribution in [0.1, 0.15) is 26.2 Å². The first-order valence-corrected chi connectivity index (χ1v) is 11.1. The molecule has 6 nitrogen and oxygen atoms in total. The van der Waals surface area contributed by atoms with Crippen LogP contribution in [0.5, 0.6) is 5.75 Å². The van der Waals surface area contributed by atoms with Crippen LogP contribution in [-0.4, -0.2) is 47.2 Å². The molecule has 0 spiro atoms.